The zero-order chi connectivity index (χ0) is 15.9. The molecule has 1 atom stereocenters. The van der Waals surface area contributed by atoms with Crippen LogP contribution in [0.5, 0.6) is 0 Å². The number of nitrogens with zero attached hydrogens (tertiary/aromatic N) is 1. The van der Waals surface area contributed by atoms with Gasteiger partial charge in [0, 0.05) is 24.2 Å². The minimum Gasteiger partial charge on any atom is -0.383 e. The number of nitrogens with one attached hydrogen (secondary N) is 1. The molecule has 0 radical (unpaired) electrons. The molecule has 118 valence electrons. The average molecular weight is 335 g/mol. The minimum absolute atomic E-state index is 0.222. The van der Waals surface area contributed by atoms with Gasteiger partial charge in [-0.2, -0.15) is 0 Å². The van der Waals surface area contributed by atoms with Crippen LogP contribution in [-0.4, -0.2) is 30.3 Å². The van der Waals surface area contributed by atoms with E-state index < -0.39 is 0 Å². The van der Waals surface area contributed by atoms with Gasteiger partial charge in [0.1, 0.15) is 0 Å². The van der Waals surface area contributed by atoms with Crippen molar-refractivity contribution in [2.45, 2.75) is 19.9 Å². The molecule has 2 aromatic rings. The highest BCUT2D eigenvalue weighted by molar-refractivity contribution is 7.80. The van der Waals surface area contributed by atoms with Crippen LogP contribution in [0.4, 0.5) is 5.69 Å². The lowest BCUT2D eigenvalue weighted by Gasteiger charge is -2.31. The third-order valence-electron chi connectivity index (χ3n) is 3.49. The summed E-state index contributed by atoms with van der Waals surface area (Å²) in [5, 5.41) is 6.16. The lowest BCUT2D eigenvalue weighted by atomic mass is 10.2. The first-order chi connectivity index (χ1) is 10.6. The number of hydrogen-bond donors (Lipinski definition) is 1. The summed E-state index contributed by atoms with van der Waals surface area (Å²) in [5.41, 5.74) is 2.23. The predicted octanol–water partition coefficient (Wildman–Crippen LogP) is 4.46. The van der Waals surface area contributed by atoms with E-state index >= 15 is 0 Å². The van der Waals surface area contributed by atoms with E-state index in [0.717, 1.165) is 17.3 Å². The smallest absolute Gasteiger partial charge is 0.174 e. The molecule has 1 heterocycles. The molecule has 0 saturated carbocycles. The fourth-order valence-electron chi connectivity index (χ4n) is 2.26. The number of anilines is 1. The average Bonchev–Trinajstić information content (AvgIpc) is 3.01. The number of hydrogen-bond acceptors (Lipinski definition) is 3. The van der Waals surface area contributed by atoms with Crippen molar-refractivity contribution < 1.29 is 4.74 Å². The standard InChI is InChI=1S/C17H22N2OS2/c1-13-6-4-7-15(12-13)18-17(21)19(9-10-20-3)14(2)16-8-5-11-22-16/h4-8,11-12,14H,9-10H2,1-3H3,(H,18,21)/t14-/m0/s1. The first-order valence-electron chi connectivity index (χ1n) is 7.28. The lowest BCUT2D eigenvalue weighted by Crippen LogP contribution is -2.38. The molecule has 0 saturated heterocycles. The van der Waals surface area contributed by atoms with Gasteiger partial charge in [-0.1, -0.05) is 18.2 Å². The maximum Gasteiger partial charge on any atom is 0.174 e. The summed E-state index contributed by atoms with van der Waals surface area (Å²) in [6, 6.07) is 12.7. The molecule has 0 aliphatic rings. The van der Waals surface area contributed by atoms with Gasteiger partial charge in [0.15, 0.2) is 5.11 Å². The molecule has 2 rings (SSSR count). The Morgan fingerprint density at radius 3 is 2.82 bits per heavy atom. The van der Waals surface area contributed by atoms with Gasteiger partial charge in [-0.15, -0.1) is 11.3 Å². The van der Waals surface area contributed by atoms with Crippen LogP contribution >= 0.6 is 23.6 Å². The van der Waals surface area contributed by atoms with Crippen LogP contribution in [-0.2, 0) is 4.74 Å². The molecule has 0 bridgehead atoms. The van der Waals surface area contributed by atoms with Crippen LogP contribution in [0.2, 0.25) is 0 Å². The van der Waals surface area contributed by atoms with E-state index in [1.807, 2.05) is 12.1 Å². The second-order valence-corrected chi connectivity index (χ2v) is 6.54. The minimum atomic E-state index is 0.222. The molecule has 0 unspecified atom stereocenters. The number of ether oxygens (including phenoxy) is 1. The molecular weight excluding hydrogens is 312 g/mol. The van der Waals surface area contributed by atoms with Crippen molar-refractivity contribution in [3.8, 4) is 0 Å². The van der Waals surface area contributed by atoms with Crippen molar-refractivity contribution in [1.82, 2.24) is 4.90 Å². The van der Waals surface area contributed by atoms with Gasteiger partial charge < -0.3 is 15.0 Å². The number of methoxy groups -OCH3 is 1. The zero-order valence-corrected chi connectivity index (χ0v) is 14.8. The van der Waals surface area contributed by atoms with Gasteiger partial charge in [0.2, 0.25) is 0 Å². The molecule has 0 aliphatic carbocycles. The lowest BCUT2D eigenvalue weighted by molar-refractivity contribution is 0.166. The molecule has 1 aromatic carbocycles. The highest BCUT2D eigenvalue weighted by Crippen LogP contribution is 2.25. The van der Waals surface area contributed by atoms with E-state index in [1.165, 1.54) is 10.4 Å². The number of aryl methyl sites for hydroxylation is 1. The van der Waals surface area contributed by atoms with E-state index in [0.29, 0.717) is 6.61 Å². The third kappa shape index (κ3) is 4.53. The summed E-state index contributed by atoms with van der Waals surface area (Å²) < 4.78 is 5.23. The molecule has 0 spiro atoms. The van der Waals surface area contributed by atoms with Crippen LogP contribution in [0.25, 0.3) is 0 Å². The van der Waals surface area contributed by atoms with Crippen molar-refractivity contribution in [3.05, 3.63) is 52.2 Å². The summed E-state index contributed by atoms with van der Waals surface area (Å²) in [6.45, 7) is 5.65. The zero-order valence-electron chi connectivity index (χ0n) is 13.2. The van der Waals surface area contributed by atoms with Crippen molar-refractivity contribution >= 4 is 34.4 Å². The van der Waals surface area contributed by atoms with E-state index in [4.69, 9.17) is 17.0 Å². The molecule has 3 nitrogen and oxygen atoms in total. The molecule has 1 aromatic heterocycles. The molecule has 5 heteroatoms. The highest BCUT2D eigenvalue weighted by atomic mass is 32.1. The van der Waals surface area contributed by atoms with Crippen LogP contribution in [0.15, 0.2) is 41.8 Å². The van der Waals surface area contributed by atoms with Gasteiger partial charge in [0.05, 0.1) is 12.6 Å². The first-order valence-corrected chi connectivity index (χ1v) is 8.57. The molecular formula is C17H22N2OS2. The summed E-state index contributed by atoms with van der Waals surface area (Å²) >= 11 is 7.38. The van der Waals surface area contributed by atoms with Gasteiger partial charge in [-0.3, -0.25) is 0 Å². The molecule has 22 heavy (non-hydrogen) atoms. The number of benzene rings is 1. The Morgan fingerprint density at radius 2 is 2.18 bits per heavy atom. The Hall–Kier alpha value is -1.43. The normalized spacial score (nSPS) is 12.0. The Labute approximate surface area is 141 Å². The fourth-order valence-corrected chi connectivity index (χ4v) is 3.42. The predicted molar refractivity (Wildman–Crippen MR) is 98.7 cm³/mol. The van der Waals surface area contributed by atoms with Crippen LogP contribution in [0.1, 0.15) is 23.4 Å². The Kier molecular flexibility index (Phi) is 6.36. The Bertz CT molecular complexity index is 598. The molecule has 0 fully saturated rings. The van der Waals surface area contributed by atoms with E-state index in [-0.39, 0.29) is 6.04 Å². The second-order valence-electron chi connectivity index (χ2n) is 5.18. The first kappa shape index (κ1) is 16.9. The fraction of sp³-hybridized carbons (Fsp3) is 0.353. The summed E-state index contributed by atoms with van der Waals surface area (Å²) in [4.78, 5) is 3.47. The third-order valence-corrected chi connectivity index (χ3v) is 4.87. The summed E-state index contributed by atoms with van der Waals surface area (Å²) in [7, 11) is 1.71. The number of thiophene rings is 1. The topological polar surface area (TPSA) is 24.5 Å². The van der Waals surface area contributed by atoms with Gasteiger partial charge >= 0.3 is 0 Å². The van der Waals surface area contributed by atoms with Crippen LogP contribution in [0, 0.1) is 6.92 Å². The summed E-state index contributed by atoms with van der Waals surface area (Å²) in [5.74, 6) is 0. The van der Waals surface area contributed by atoms with Gasteiger partial charge in [0.25, 0.3) is 0 Å². The van der Waals surface area contributed by atoms with Gasteiger partial charge in [-0.25, -0.2) is 0 Å². The Morgan fingerprint density at radius 1 is 1.36 bits per heavy atom. The van der Waals surface area contributed by atoms with Crippen molar-refractivity contribution in [2.75, 3.05) is 25.6 Å². The monoisotopic (exact) mass is 334 g/mol. The molecule has 0 aliphatic heterocycles. The summed E-state index contributed by atoms with van der Waals surface area (Å²) in [6.07, 6.45) is 0. The second kappa shape index (κ2) is 8.27. The van der Waals surface area contributed by atoms with Crippen molar-refractivity contribution in [3.63, 3.8) is 0 Å². The molecule has 1 N–H and O–H groups in total. The van der Waals surface area contributed by atoms with Crippen molar-refractivity contribution in [1.29, 1.82) is 0 Å². The van der Waals surface area contributed by atoms with E-state index in [1.54, 1.807) is 18.4 Å². The van der Waals surface area contributed by atoms with Crippen molar-refractivity contribution in [2.24, 2.45) is 0 Å². The number of thiocarbonyl (C=S) groups is 1. The van der Waals surface area contributed by atoms with E-state index in [2.05, 4.69) is 53.7 Å². The maximum absolute atomic E-state index is 5.63. The van der Waals surface area contributed by atoms with Gasteiger partial charge in [-0.05, 0) is 55.2 Å². The SMILES string of the molecule is COCCN(C(=S)Nc1cccc(C)c1)[C@@H](C)c1cccs1. The Balaban J connectivity index is 2.12. The molecule has 0 amide bonds. The van der Waals surface area contributed by atoms with Crippen LogP contribution in [0.3, 0.4) is 0 Å². The maximum atomic E-state index is 5.63. The van der Waals surface area contributed by atoms with Crippen LogP contribution < -0.4 is 5.32 Å². The number of rotatable bonds is 6. The largest absolute Gasteiger partial charge is 0.383 e. The highest BCUT2D eigenvalue weighted by Gasteiger charge is 2.19. The van der Waals surface area contributed by atoms with E-state index in [9.17, 15) is 0 Å². The quantitative estimate of drug-likeness (QED) is 0.788.